The van der Waals surface area contributed by atoms with Crippen LogP contribution in [0.25, 0.3) is 0 Å². The molecule has 1 atom stereocenters. The lowest BCUT2D eigenvalue weighted by molar-refractivity contribution is -0.384. The molecule has 2 aromatic rings. The largest absolute Gasteiger partial charge is 0.340 e. The minimum Gasteiger partial charge on any atom is -0.340 e. The number of nitrogens with zero attached hydrogens (tertiary/aromatic N) is 2. The average molecular weight is 350 g/mol. The van der Waals surface area contributed by atoms with Gasteiger partial charge in [0.15, 0.2) is 5.78 Å². The molecule has 0 spiro atoms. The minimum absolute atomic E-state index is 0.0486. The average Bonchev–Trinajstić information content (AvgIpc) is 2.61. The summed E-state index contributed by atoms with van der Waals surface area (Å²) in [5.41, 5.74) is 3.24. The van der Waals surface area contributed by atoms with Crippen molar-refractivity contribution in [2.45, 2.75) is 38.6 Å². The number of hydrogen-bond acceptors (Lipinski definition) is 4. The van der Waals surface area contributed by atoms with Crippen molar-refractivity contribution in [3.63, 3.8) is 0 Å². The van der Waals surface area contributed by atoms with Crippen molar-refractivity contribution in [1.29, 1.82) is 0 Å². The number of ketones is 1. The van der Waals surface area contributed by atoms with Crippen molar-refractivity contribution in [3.8, 4) is 0 Å². The summed E-state index contributed by atoms with van der Waals surface area (Å²) in [6, 6.07) is 14.6. The van der Waals surface area contributed by atoms with Crippen LogP contribution < -0.4 is 4.90 Å². The Kier molecular flexibility index (Phi) is 4.64. The Morgan fingerprint density at radius 1 is 1.04 bits per heavy atom. The van der Waals surface area contributed by atoms with Crippen LogP contribution >= 0.6 is 0 Å². The van der Waals surface area contributed by atoms with Gasteiger partial charge in [-0.2, -0.15) is 0 Å². The van der Waals surface area contributed by atoms with Gasteiger partial charge < -0.3 is 4.90 Å². The molecule has 0 saturated heterocycles. The van der Waals surface area contributed by atoms with E-state index >= 15 is 0 Å². The first-order chi connectivity index (χ1) is 12.3. The number of benzene rings is 2. The normalized spacial score (nSPS) is 17.4. The van der Waals surface area contributed by atoms with Gasteiger partial charge >= 0.3 is 0 Å². The monoisotopic (exact) mass is 350 g/mol. The van der Waals surface area contributed by atoms with Crippen LogP contribution in [0, 0.1) is 10.1 Å². The Hall–Kier alpha value is -2.95. The Balaban J connectivity index is 1.94. The van der Waals surface area contributed by atoms with Crippen LogP contribution in [0.1, 0.15) is 44.4 Å². The van der Waals surface area contributed by atoms with Crippen molar-refractivity contribution >= 4 is 17.2 Å². The third-order valence-electron chi connectivity index (χ3n) is 4.67. The fourth-order valence-corrected chi connectivity index (χ4v) is 3.12. The molecule has 0 aromatic heterocycles. The number of carbonyl (C=O) groups excluding carboxylic acids is 1. The molecule has 5 heteroatoms. The second-order valence-corrected chi connectivity index (χ2v) is 7.55. The zero-order valence-corrected chi connectivity index (χ0v) is 15.2. The van der Waals surface area contributed by atoms with E-state index in [-0.39, 0.29) is 22.9 Å². The highest BCUT2D eigenvalue weighted by molar-refractivity contribution is 5.92. The van der Waals surface area contributed by atoms with E-state index in [1.165, 1.54) is 17.7 Å². The number of nitro groups is 1. The van der Waals surface area contributed by atoms with Crippen LogP contribution in [0.3, 0.4) is 0 Å². The maximum absolute atomic E-state index is 12.0. The number of anilines is 1. The maximum Gasteiger partial charge on any atom is 0.269 e. The van der Waals surface area contributed by atoms with E-state index in [0.717, 1.165) is 11.3 Å². The molecule has 3 rings (SSSR count). The molecular formula is C21H22N2O3. The fraction of sp³-hybridized carbons (Fsp3) is 0.286. The van der Waals surface area contributed by atoms with E-state index in [1.807, 2.05) is 0 Å². The molecule has 0 radical (unpaired) electrons. The van der Waals surface area contributed by atoms with Crippen molar-refractivity contribution in [2.75, 3.05) is 4.90 Å². The molecule has 0 aliphatic carbocycles. The first kappa shape index (κ1) is 17.9. The van der Waals surface area contributed by atoms with Gasteiger partial charge in [-0.1, -0.05) is 45.0 Å². The third kappa shape index (κ3) is 3.67. The lowest BCUT2D eigenvalue weighted by atomic mass is 9.87. The third-order valence-corrected chi connectivity index (χ3v) is 4.67. The molecule has 1 aliphatic heterocycles. The predicted molar refractivity (Wildman–Crippen MR) is 102 cm³/mol. The Morgan fingerprint density at radius 3 is 2.19 bits per heavy atom. The molecule has 134 valence electrons. The minimum atomic E-state index is -0.418. The topological polar surface area (TPSA) is 63.5 Å². The predicted octanol–water partition coefficient (Wildman–Crippen LogP) is 4.93. The molecular weight excluding hydrogens is 328 g/mol. The van der Waals surface area contributed by atoms with Crippen molar-refractivity contribution in [1.82, 2.24) is 0 Å². The number of rotatable bonds is 3. The van der Waals surface area contributed by atoms with E-state index in [0.29, 0.717) is 6.42 Å². The number of non-ortho nitro benzene ring substituents is 1. The van der Waals surface area contributed by atoms with Gasteiger partial charge in [0.25, 0.3) is 5.69 Å². The van der Waals surface area contributed by atoms with E-state index < -0.39 is 4.92 Å². The van der Waals surface area contributed by atoms with Gasteiger partial charge in [0.05, 0.1) is 11.0 Å². The molecule has 0 bridgehead atoms. The second kappa shape index (κ2) is 6.75. The Labute approximate surface area is 153 Å². The summed E-state index contributed by atoms with van der Waals surface area (Å²) >= 11 is 0. The molecule has 2 aromatic carbocycles. The second-order valence-electron chi connectivity index (χ2n) is 7.55. The molecule has 0 saturated carbocycles. The van der Waals surface area contributed by atoms with Crippen LogP contribution in [0.4, 0.5) is 11.4 Å². The molecule has 1 heterocycles. The van der Waals surface area contributed by atoms with Gasteiger partial charge in [-0.05, 0) is 34.8 Å². The Morgan fingerprint density at radius 2 is 1.65 bits per heavy atom. The van der Waals surface area contributed by atoms with Crippen molar-refractivity contribution in [3.05, 3.63) is 82.0 Å². The van der Waals surface area contributed by atoms with E-state index in [4.69, 9.17) is 0 Å². The highest BCUT2D eigenvalue weighted by Crippen LogP contribution is 2.35. The van der Waals surface area contributed by atoms with Crippen LogP contribution in [0.5, 0.6) is 0 Å². The summed E-state index contributed by atoms with van der Waals surface area (Å²) < 4.78 is 0. The zero-order chi connectivity index (χ0) is 18.9. The lowest BCUT2D eigenvalue weighted by Crippen LogP contribution is -2.29. The first-order valence-electron chi connectivity index (χ1n) is 8.60. The number of allylic oxidation sites excluding steroid dienone is 1. The summed E-state index contributed by atoms with van der Waals surface area (Å²) in [4.78, 5) is 24.5. The van der Waals surface area contributed by atoms with Gasteiger partial charge in [0, 0.05) is 30.4 Å². The van der Waals surface area contributed by atoms with Gasteiger partial charge in [-0.3, -0.25) is 14.9 Å². The van der Waals surface area contributed by atoms with Crippen LogP contribution in [-0.4, -0.2) is 10.7 Å². The quantitative estimate of drug-likeness (QED) is 0.582. The number of carbonyl (C=O) groups is 1. The summed E-state index contributed by atoms with van der Waals surface area (Å²) in [5.74, 6) is 0.0518. The fourth-order valence-electron chi connectivity index (χ4n) is 3.12. The highest BCUT2D eigenvalue weighted by atomic mass is 16.6. The first-order valence-corrected chi connectivity index (χ1v) is 8.60. The standard InChI is InChI=1S/C21H22N2O3/c1-21(2,3)16-6-10-17(11-7-16)22-13-12-19(24)14-20(22)15-4-8-18(9-5-15)23(25)26/h4-13,20H,14H2,1-3H3. The van der Waals surface area contributed by atoms with Crippen molar-refractivity contribution in [2.24, 2.45) is 0 Å². The summed E-state index contributed by atoms with van der Waals surface area (Å²) in [5, 5.41) is 10.9. The molecule has 0 amide bonds. The molecule has 1 unspecified atom stereocenters. The van der Waals surface area contributed by atoms with Gasteiger partial charge in [0.2, 0.25) is 0 Å². The maximum atomic E-state index is 12.0. The van der Waals surface area contributed by atoms with Crippen LogP contribution in [0.15, 0.2) is 60.8 Å². The van der Waals surface area contributed by atoms with Gasteiger partial charge in [-0.15, -0.1) is 0 Å². The smallest absolute Gasteiger partial charge is 0.269 e. The van der Waals surface area contributed by atoms with Crippen LogP contribution in [0.2, 0.25) is 0 Å². The highest BCUT2D eigenvalue weighted by Gasteiger charge is 2.26. The summed E-state index contributed by atoms with van der Waals surface area (Å²) in [6.07, 6.45) is 3.72. The van der Waals surface area contributed by atoms with Gasteiger partial charge in [0.1, 0.15) is 0 Å². The number of nitro benzene ring substituents is 1. The summed E-state index contributed by atoms with van der Waals surface area (Å²) in [7, 11) is 0. The van der Waals surface area contributed by atoms with E-state index in [2.05, 4.69) is 49.9 Å². The van der Waals surface area contributed by atoms with Crippen LogP contribution in [-0.2, 0) is 10.2 Å². The zero-order valence-electron chi connectivity index (χ0n) is 15.2. The molecule has 0 N–H and O–H groups in total. The lowest BCUT2D eigenvalue weighted by Gasteiger charge is -2.33. The summed E-state index contributed by atoms with van der Waals surface area (Å²) in [6.45, 7) is 6.50. The molecule has 1 aliphatic rings. The number of hydrogen-bond donors (Lipinski definition) is 0. The molecule has 0 fully saturated rings. The van der Waals surface area contributed by atoms with Gasteiger partial charge in [-0.25, -0.2) is 0 Å². The molecule has 5 nitrogen and oxygen atoms in total. The van der Waals surface area contributed by atoms with E-state index in [9.17, 15) is 14.9 Å². The van der Waals surface area contributed by atoms with Crippen molar-refractivity contribution < 1.29 is 9.72 Å². The van der Waals surface area contributed by atoms with E-state index in [1.54, 1.807) is 24.4 Å². The SMILES string of the molecule is CC(C)(C)c1ccc(N2C=CC(=O)CC2c2ccc([N+](=O)[O-])cc2)cc1. The molecule has 26 heavy (non-hydrogen) atoms. The Bertz CT molecular complexity index is 846.